The van der Waals surface area contributed by atoms with E-state index < -0.39 is 0 Å². The second-order valence-corrected chi connectivity index (χ2v) is 7.73. The van der Waals surface area contributed by atoms with Gasteiger partial charge < -0.3 is 10.2 Å². The monoisotopic (exact) mass is 357 g/mol. The van der Waals surface area contributed by atoms with Crippen LogP contribution in [-0.2, 0) is 25.8 Å². The lowest BCUT2D eigenvalue weighted by atomic mass is 10.0. The van der Waals surface area contributed by atoms with Gasteiger partial charge in [0.2, 0.25) is 0 Å². The molecule has 3 rings (SSSR count). The smallest absolute Gasteiger partial charge is 0.193 e. The Morgan fingerprint density at radius 1 is 1.36 bits per heavy atom. The van der Waals surface area contributed by atoms with E-state index in [1.165, 1.54) is 46.0 Å². The maximum absolute atomic E-state index is 4.83. The van der Waals surface area contributed by atoms with Gasteiger partial charge in [0.25, 0.3) is 0 Å². The van der Waals surface area contributed by atoms with Crippen molar-refractivity contribution >= 4 is 17.3 Å². The molecule has 2 aromatic heterocycles. The average molecular weight is 358 g/mol. The third-order valence-electron chi connectivity index (χ3n) is 4.65. The topological polar surface area (TPSA) is 53.4 Å². The third-order valence-corrected chi connectivity index (χ3v) is 5.79. The SMILES string of the molecule is CN=C(NCCc1ccncc1C)N(C)Cc1nc2c(s1)CCCC2. The maximum Gasteiger partial charge on any atom is 0.193 e. The van der Waals surface area contributed by atoms with Gasteiger partial charge in [-0.15, -0.1) is 11.3 Å². The number of fused-ring (bicyclic) bond motifs is 1. The standard InChI is InChI=1S/C19H27N5S/c1-14-12-21-10-8-15(14)9-11-22-19(20-2)24(3)13-18-23-16-6-4-5-7-17(16)25-18/h8,10,12H,4-7,9,11,13H2,1-3H3,(H,20,22). The number of aromatic nitrogens is 2. The molecule has 0 fully saturated rings. The molecule has 5 nitrogen and oxygen atoms in total. The van der Waals surface area contributed by atoms with Crippen LogP contribution in [0.4, 0.5) is 0 Å². The Balaban J connectivity index is 1.53. The Labute approximate surface area is 154 Å². The fourth-order valence-corrected chi connectivity index (χ4v) is 4.44. The predicted octanol–water partition coefficient (Wildman–Crippen LogP) is 2.98. The minimum Gasteiger partial charge on any atom is -0.356 e. The number of nitrogens with zero attached hydrogens (tertiary/aromatic N) is 4. The van der Waals surface area contributed by atoms with Gasteiger partial charge in [-0.3, -0.25) is 9.98 Å². The summed E-state index contributed by atoms with van der Waals surface area (Å²) in [5, 5.41) is 4.66. The highest BCUT2D eigenvalue weighted by molar-refractivity contribution is 7.11. The lowest BCUT2D eigenvalue weighted by Gasteiger charge is -2.21. The van der Waals surface area contributed by atoms with Crippen LogP contribution in [0.1, 0.15) is 39.5 Å². The number of guanidine groups is 1. The van der Waals surface area contributed by atoms with Crippen LogP contribution in [0, 0.1) is 6.92 Å². The second-order valence-electron chi connectivity index (χ2n) is 6.57. The first-order chi connectivity index (χ1) is 12.2. The number of aliphatic imine (C=N–C) groups is 1. The van der Waals surface area contributed by atoms with Crippen molar-refractivity contribution in [1.29, 1.82) is 0 Å². The zero-order valence-corrected chi connectivity index (χ0v) is 16.2. The molecule has 2 aromatic rings. The van der Waals surface area contributed by atoms with Crippen molar-refractivity contribution in [3.8, 4) is 0 Å². The lowest BCUT2D eigenvalue weighted by molar-refractivity contribution is 0.475. The van der Waals surface area contributed by atoms with Crippen LogP contribution in [0.5, 0.6) is 0 Å². The molecule has 0 saturated carbocycles. The van der Waals surface area contributed by atoms with Crippen molar-refractivity contribution in [2.45, 2.75) is 45.6 Å². The van der Waals surface area contributed by atoms with E-state index in [9.17, 15) is 0 Å². The molecule has 0 atom stereocenters. The first-order valence-corrected chi connectivity index (χ1v) is 9.77. The van der Waals surface area contributed by atoms with Gasteiger partial charge >= 0.3 is 0 Å². The molecule has 0 amide bonds. The molecule has 1 aliphatic rings. The maximum atomic E-state index is 4.83. The minimum atomic E-state index is 0.811. The van der Waals surface area contributed by atoms with Crippen LogP contribution < -0.4 is 5.32 Å². The number of aryl methyl sites for hydroxylation is 3. The summed E-state index contributed by atoms with van der Waals surface area (Å²) < 4.78 is 0. The van der Waals surface area contributed by atoms with Crippen molar-refractivity contribution in [2.24, 2.45) is 4.99 Å². The second kappa shape index (κ2) is 8.43. The molecule has 0 saturated heterocycles. The van der Waals surface area contributed by atoms with Gasteiger partial charge in [-0.2, -0.15) is 0 Å². The highest BCUT2D eigenvalue weighted by Crippen LogP contribution is 2.27. The molecule has 1 aliphatic carbocycles. The summed E-state index contributed by atoms with van der Waals surface area (Å²) in [4.78, 5) is 17.0. The molecule has 2 heterocycles. The summed E-state index contributed by atoms with van der Waals surface area (Å²) in [5.41, 5.74) is 3.89. The van der Waals surface area contributed by atoms with Crippen molar-refractivity contribution in [1.82, 2.24) is 20.2 Å². The van der Waals surface area contributed by atoms with E-state index in [1.54, 1.807) is 0 Å². The molecular formula is C19H27N5S. The van der Waals surface area contributed by atoms with E-state index in [-0.39, 0.29) is 0 Å². The molecule has 0 radical (unpaired) electrons. The Kier molecular flexibility index (Phi) is 6.02. The average Bonchev–Trinajstić information content (AvgIpc) is 3.02. The highest BCUT2D eigenvalue weighted by atomic mass is 32.1. The number of pyridine rings is 1. The Hall–Kier alpha value is -1.95. The summed E-state index contributed by atoms with van der Waals surface area (Å²) in [6, 6.07) is 2.09. The first kappa shape index (κ1) is 17.9. The van der Waals surface area contributed by atoms with Crippen molar-refractivity contribution in [3.05, 3.63) is 45.2 Å². The minimum absolute atomic E-state index is 0.811. The van der Waals surface area contributed by atoms with Crippen molar-refractivity contribution in [3.63, 3.8) is 0 Å². The number of hydrogen-bond acceptors (Lipinski definition) is 4. The Morgan fingerprint density at radius 3 is 2.96 bits per heavy atom. The van der Waals surface area contributed by atoms with Crippen molar-refractivity contribution in [2.75, 3.05) is 20.6 Å². The summed E-state index contributed by atoms with van der Waals surface area (Å²) in [6.07, 6.45) is 9.68. The van der Waals surface area contributed by atoms with Gasteiger partial charge in [-0.25, -0.2) is 4.98 Å². The van der Waals surface area contributed by atoms with Gasteiger partial charge in [0.15, 0.2) is 5.96 Å². The van der Waals surface area contributed by atoms with E-state index in [0.717, 1.165) is 31.9 Å². The van der Waals surface area contributed by atoms with Gasteiger partial charge in [0.05, 0.1) is 12.2 Å². The van der Waals surface area contributed by atoms with Gasteiger partial charge in [0, 0.05) is 37.9 Å². The summed E-state index contributed by atoms with van der Waals surface area (Å²) in [6.45, 7) is 3.77. The van der Waals surface area contributed by atoms with E-state index in [2.05, 4.69) is 40.2 Å². The molecule has 0 spiro atoms. The van der Waals surface area contributed by atoms with E-state index in [4.69, 9.17) is 4.98 Å². The van der Waals surface area contributed by atoms with Crippen LogP contribution in [0.15, 0.2) is 23.5 Å². The molecule has 0 aliphatic heterocycles. The quantitative estimate of drug-likeness (QED) is 0.660. The number of thiazole rings is 1. The van der Waals surface area contributed by atoms with Crippen LogP contribution in [-0.4, -0.2) is 41.5 Å². The first-order valence-electron chi connectivity index (χ1n) is 8.96. The van der Waals surface area contributed by atoms with Gasteiger partial charge in [0.1, 0.15) is 5.01 Å². The third kappa shape index (κ3) is 4.57. The molecule has 134 valence electrons. The molecule has 6 heteroatoms. The molecule has 0 bridgehead atoms. The fourth-order valence-electron chi connectivity index (χ4n) is 3.23. The molecule has 1 N–H and O–H groups in total. The normalized spacial score (nSPS) is 14.3. The zero-order chi connectivity index (χ0) is 17.6. The van der Waals surface area contributed by atoms with Crippen LogP contribution in [0.25, 0.3) is 0 Å². The molecule has 0 unspecified atom stereocenters. The summed E-state index contributed by atoms with van der Waals surface area (Å²) in [5.74, 6) is 0.917. The van der Waals surface area contributed by atoms with Crippen LogP contribution in [0.2, 0.25) is 0 Å². The van der Waals surface area contributed by atoms with Crippen LogP contribution in [0.3, 0.4) is 0 Å². The lowest BCUT2D eigenvalue weighted by Crippen LogP contribution is -2.39. The summed E-state index contributed by atoms with van der Waals surface area (Å²) in [7, 11) is 3.91. The highest BCUT2D eigenvalue weighted by Gasteiger charge is 2.16. The number of hydrogen-bond donors (Lipinski definition) is 1. The molecule has 0 aromatic carbocycles. The van der Waals surface area contributed by atoms with E-state index >= 15 is 0 Å². The Morgan fingerprint density at radius 2 is 2.20 bits per heavy atom. The van der Waals surface area contributed by atoms with Crippen molar-refractivity contribution < 1.29 is 0 Å². The van der Waals surface area contributed by atoms with E-state index in [1.807, 2.05) is 30.8 Å². The van der Waals surface area contributed by atoms with E-state index in [0.29, 0.717) is 0 Å². The summed E-state index contributed by atoms with van der Waals surface area (Å²) >= 11 is 1.87. The van der Waals surface area contributed by atoms with Crippen LogP contribution >= 0.6 is 11.3 Å². The van der Waals surface area contributed by atoms with Gasteiger partial charge in [-0.1, -0.05) is 0 Å². The predicted molar refractivity (Wildman–Crippen MR) is 104 cm³/mol. The zero-order valence-electron chi connectivity index (χ0n) is 15.4. The number of rotatable bonds is 5. The van der Waals surface area contributed by atoms with Gasteiger partial charge in [-0.05, 0) is 56.2 Å². The largest absolute Gasteiger partial charge is 0.356 e. The molecule has 25 heavy (non-hydrogen) atoms. The number of nitrogens with one attached hydrogen (secondary N) is 1. The molecular weight excluding hydrogens is 330 g/mol. The Bertz CT molecular complexity index is 714. The fraction of sp³-hybridized carbons (Fsp3) is 0.526.